The Labute approximate surface area is 157 Å². The summed E-state index contributed by atoms with van der Waals surface area (Å²) in [5, 5.41) is 0.623. The Morgan fingerprint density at radius 1 is 1.14 bits per heavy atom. The van der Waals surface area contributed by atoms with E-state index >= 15 is 0 Å². The second-order valence-corrected chi connectivity index (χ2v) is 6.19. The van der Waals surface area contributed by atoms with E-state index in [4.69, 9.17) is 6.42 Å². The summed E-state index contributed by atoms with van der Waals surface area (Å²) in [6.07, 6.45) is 5.52. The zero-order valence-corrected chi connectivity index (χ0v) is 14.6. The Kier molecular flexibility index (Phi) is 5.45. The van der Waals surface area contributed by atoms with E-state index in [0.717, 1.165) is 18.9 Å². The molecule has 3 rings (SSSR count). The number of pyridine rings is 1. The van der Waals surface area contributed by atoms with Crippen molar-refractivity contribution in [3.05, 3.63) is 58.5 Å². The highest BCUT2D eigenvalue weighted by molar-refractivity contribution is 5.85. The van der Waals surface area contributed by atoms with Crippen LogP contribution in [-0.2, 0) is 12.7 Å². The van der Waals surface area contributed by atoms with Crippen LogP contribution in [0.15, 0.2) is 41.6 Å². The van der Waals surface area contributed by atoms with Gasteiger partial charge >= 0.3 is 6.18 Å². The van der Waals surface area contributed by atoms with Gasteiger partial charge in [-0.3, -0.25) is 4.79 Å². The summed E-state index contributed by atoms with van der Waals surface area (Å²) in [5.74, 6) is 1.56. The van der Waals surface area contributed by atoms with Gasteiger partial charge in [0.05, 0.1) is 16.5 Å². The Bertz CT molecular complexity index is 1100. The third-order valence-electron chi connectivity index (χ3n) is 4.25. The van der Waals surface area contributed by atoms with Crippen LogP contribution in [0.1, 0.15) is 24.8 Å². The number of unbranched alkanes of at least 4 members (excludes halogenated alkanes) is 2. The molecule has 0 fully saturated rings. The van der Waals surface area contributed by atoms with E-state index in [1.807, 2.05) is 0 Å². The Hall–Kier alpha value is -3.21. The summed E-state index contributed by atoms with van der Waals surface area (Å²) in [6.45, 7) is 0.460. The SMILES string of the molecule is C#CCCCCn1ccc2cc(-c3ncc(C(F)(F)F)cn3)c(F)cc2c1=O. The summed E-state index contributed by atoms with van der Waals surface area (Å²) < 4.78 is 53.9. The van der Waals surface area contributed by atoms with Gasteiger partial charge in [-0.15, -0.1) is 12.3 Å². The minimum atomic E-state index is -4.58. The lowest BCUT2D eigenvalue weighted by Gasteiger charge is -2.09. The lowest BCUT2D eigenvalue weighted by Crippen LogP contribution is -2.19. The fourth-order valence-corrected chi connectivity index (χ4v) is 2.78. The number of aromatic nitrogens is 3. The van der Waals surface area contributed by atoms with Crippen LogP contribution in [0.4, 0.5) is 17.6 Å². The van der Waals surface area contributed by atoms with Gasteiger partial charge in [-0.1, -0.05) is 0 Å². The molecule has 0 radical (unpaired) electrons. The van der Waals surface area contributed by atoms with Crippen LogP contribution in [0.3, 0.4) is 0 Å². The van der Waals surface area contributed by atoms with E-state index in [9.17, 15) is 22.4 Å². The highest BCUT2D eigenvalue weighted by Crippen LogP contribution is 2.29. The number of benzene rings is 1. The molecule has 0 spiro atoms. The Morgan fingerprint density at radius 2 is 1.86 bits per heavy atom. The standard InChI is InChI=1S/C20H15F4N3O/c1-2-3-4-5-7-27-8-6-13-9-16(17(21)10-15(13)19(27)28)18-25-11-14(12-26-18)20(22,23)24/h1,6,8-12H,3-5,7H2. The molecule has 0 aliphatic carbocycles. The lowest BCUT2D eigenvalue weighted by atomic mass is 10.1. The van der Waals surface area contributed by atoms with Crippen LogP contribution in [0, 0.1) is 18.2 Å². The van der Waals surface area contributed by atoms with E-state index in [0.29, 0.717) is 30.7 Å². The number of hydrogen-bond donors (Lipinski definition) is 0. The van der Waals surface area contributed by atoms with E-state index < -0.39 is 17.6 Å². The van der Waals surface area contributed by atoms with Crippen molar-refractivity contribution in [3.63, 3.8) is 0 Å². The third-order valence-corrected chi connectivity index (χ3v) is 4.25. The summed E-state index contributed by atoms with van der Waals surface area (Å²) in [4.78, 5) is 19.8. The molecule has 0 aliphatic rings. The van der Waals surface area contributed by atoms with E-state index in [2.05, 4.69) is 15.9 Å². The summed E-state index contributed by atoms with van der Waals surface area (Å²) in [6, 6.07) is 4.06. The molecule has 1 aromatic carbocycles. The average molecular weight is 389 g/mol. The first-order chi connectivity index (χ1) is 13.3. The van der Waals surface area contributed by atoms with Crippen LogP contribution in [0.25, 0.3) is 22.2 Å². The van der Waals surface area contributed by atoms with Crippen molar-refractivity contribution in [3.8, 4) is 23.7 Å². The van der Waals surface area contributed by atoms with Crippen molar-refractivity contribution in [2.24, 2.45) is 0 Å². The topological polar surface area (TPSA) is 47.8 Å². The predicted molar refractivity (Wildman–Crippen MR) is 96.9 cm³/mol. The zero-order chi connectivity index (χ0) is 20.3. The maximum Gasteiger partial charge on any atom is 0.419 e. The van der Waals surface area contributed by atoms with Crippen molar-refractivity contribution in [1.29, 1.82) is 0 Å². The molecule has 2 aromatic heterocycles. The number of terminal acetylenes is 1. The molecule has 28 heavy (non-hydrogen) atoms. The van der Waals surface area contributed by atoms with Gasteiger partial charge in [0.1, 0.15) is 5.82 Å². The minimum absolute atomic E-state index is 0.0765. The van der Waals surface area contributed by atoms with Crippen molar-refractivity contribution >= 4 is 10.8 Å². The Morgan fingerprint density at radius 3 is 2.50 bits per heavy atom. The Balaban J connectivity index is 1.95. The van der Waals surface area contributed by atoms with Gasteiger partial charge in [0.15, 0.2) is 5.82 Å². The summed E-state index contributed by atoms with van der Waals surface area (Å²) in [5.41, 5.74) is -1.45. The second-order valence-electron chi connectivity index (χ2n) is 6.19. The number of nitrogens with zero attached hydrogens (tertiary/aromatic N) is 3. The van der Waals surface area contributed by atoms with Crippen LogP contribution in [-0.4, -0.2) is 14.5 Å². The normalized spacial score (nSPS) is 11.5. The molecule has 144 valence electrons. The second kappa shape index (κ2) is 7.80. The monoisotopic (exact) mass is 389 g/mol. The van der Waals surface area contributed by atoms with Gasteiger partial charge in [0, 0.05) is 31.6 Å². The van der Waals surface area contributed by atoms with Crippen LogP contribution < -0.4 is 5.56 Å². The van der Waals surface area contributed by atoms with Crippen LogP contribution in [0.5, 0.6) is 0 Å². The maximum atomic E-state index is 14.5. The molecular weight excluding hydrogens is 374 g/mol. The molecule has 0 aliphatic heterocycles. The van der Waals surface area contributed by atoms with Gasteiger partial charge < -0.3 is 4.57 Å². The molecule has 0 atom stereocenters. The maximum absolute atomic E-state index is 14.5. The average Bonchev–Trinajstić information content (AvgIpc) is 2.66. The predicted octanol–water partition coefficient (Wildman–Crippen LogP) is 4.42. The highest BCUT2D eigenvalue weighted by Gasteiger charge is 2.31. The molecule has 0 saturated carbocycles. The van der Waals surface area contributed by atoms with Crippen molar-refractivity contribution in [1.82, 2.24) is 14.5 Å². The van der Waals surface area contributed by atoms with Gasteiger partial charge in [0.2, 0.25) is 0 Å². The van der Waals surface area contributed by atoms with Crippen LogP contribution in [0.2, 0.25) is 0 Å². The smallest absolute Gasteiger partial charge is 0.315 e. The van der Waals surface area contributed by atoms with E-state index in [-0.39, 0.29) is 22.3 Å². The van der Waals surface area contributed by atoms with Gasteiger partial charge in [-0.25, -0.2) is 14.4 Å². The third kappa shape index (κ3) is 4.03. The fraction of sp³-hybridized carbons (Fsp3) is 0.250. The summed E-state index contributed by atoms with van der Waals surface area (Å²) in [7, 11) is 0. The van der Waals surface area contributed by atoms with Gasteiger partial charge in [0.25, 0.3) is 5.56 Å². The highest BCUT2D eigenvalue weighted by atomic mass is 19.4. The molecule has 2 heterocycles. The molecule has 0 bridgehead atoms. The number of hydrogen-bond acceptors (Lipinski definition) is 3. The van der Waals surface area contributed by atoms with E-state index in [1.54, 1.807) is 12.3 Å². The number of aryl methyl sites for hydroxylation is 1. The molecule has 8 heteroatoms. The van der Waals surface area contributed by atoms with Gasteiger partial charge in [-0.2, -0.15) is 13.2 Å². The van der Waals surface area contributed by atoms with Crippen molar-refractivity contribution < 1.29 is 17.6 Å². The first-order valence-corrected chi connectivity index (χ1v) is 8.47. The lowest BCUT2D eigenvalue weighted by molar-refractivity contribution is -0.138. The quantitative estimate of drug-likeness (QED) is 0.369. The summed E-state index contributed by atoms with van der Waals surface area (Å²) >= 11 is 0. The number of halogens is 4. The first-order valence-electron chi connectivity index (χ1n) is 8.47. The molecule has 3 aromatic rings. The van der Waals surface area contributed by atoms with Crippen molar-refractivity contribution in [2.75, 3.05) is 0 Å². The number of alkyl halides is 3. The largest absolute Gasteiger partial charge is 0.419 e. The fourth-order valence-electron chi connectivity index (χ4n) is 2.78. The van der Waals surface area contributed by atoms with Gasteiger partial charge in [-0.05, 0) is 36.4 Å². The van der Waals surface area contributed by atoms with E-state index in [1.165, 1.54) is 10.6 Å². The molecule has 4 nitrogen and oxygen atoms in total. The molecule has 0 amide bonds. The molecule has 0 saturated heterocycles. The number of fused-ring (bicyclic) bond motifs is 1. The molecular formula is C20H15F4N3O. The van der Waals surface area contributed by atoms with Crippen LogP contribution >= 0.6 is 0 Å². The van der Waals surface area contributed by atoms with Crippen molar-refractivity contribution in [2.45, 2.75) is 32.0 Å². The zero-order valence-electron chi connectivity index (χ0n) is 14.6. The first kappa shape index (κ1) is 19.5. The minimum Gasteiger partial charge on any atom is -0.315 e. The molecule has 0 unspecified atom stereocenters. The number of rotatable bonds is 5. The molecule has 0 N–H and O–H groups in total.